The molecule has 1 aromatic carbocycles. The van der Waals surface area contributed by atoms with Crippen LogP contribution in [0.3, 0.4) is 0 Å². The highest BCUT2D eigenvalue weighted by Crippen LogP contribution is 2.42. The van der Waals surface area contributed by atoms with Gasteiger partial charge < -0.3 is 5.11 Å². The Hall–Kier alpha value is -1.70. The fourth-order valence-electron chi connectivity index (χ4n) is 2.12. The highest BCUT2D eigenvalue weighted by atomic mass is 35.5. The molecule has 1 saturated heterocycles. The topological polar surface area (TPSA) is 86.9 Å². The lowest BCUT2D eigenvalue weighted by Crippen LogP contribution is -2.11. The summed E-state index contributed by atoms with van der Waals surface area (Å²) in [6.45, 7) is 1.97. The van der Waals surface area contributed by atoms with E-state index in [0.29, 0.717) is 20.5 Å². The van der Waals surface area contributed by atoms with Crippen molar-refractivity contribution in [3.05, 3.63) is 43.7 Å². The summed E-state index contributed by atoms with van der Waals surface area (Å²) in [4.78, 5) is 13.0. The number of phenols is 1. The number of carbonyl (C=O) groups is 1. The largest absolute Gasteiger partial charge is 0.507 e. The minimum Gasteiger partial charge on any atom is -0.507 e. The van der Waals surface area contributed by atoms with Crippen LogP contribution < -0.4 is 0 Å². The molecule has 0 bridgehead atoms. The molecule has 0 saturated carbocycles. The number of nitrogens with one attached hydrogen (secondary N) is 1. The molecule has 0 radical (unpaired) electrons. The number of thioether (sulfide) groups is 1. The second-order valence-electron chi connectivity index (χ2n) is 4.86. The van der Waals surface area contributed by atoms with Gasteiger partial charge in [-0.1, -0.05) is 30.3 Å². The van der Waals surface area contributed by atoms with Gasteiger partial charge in [0.05, 0.1) is 9.95 Å². The number of allylic oxidation sites excluding steroid dienone is 1. The zero-order chi connectivity index (χ0) is 16.6. The summed E-state index contributed by atoms with van der Waals surface area (Å²) >= 11 is 8.36. The van der Waals surface area contributed by atoms with Gasteiger partial charge in [0.15, 0.2) is 5.78 Å². The Morgan fingerprint density at radius 1 is 1.43 bits per heavy atom. The number of aryl methyl sites for hydroxylation is 1. The van der Waals surface area contributed by atoms with Crippen LogP contribution in [0.15, 0.2) is 23.1 Å². The molecule has 1 unspecified atom stereocenters. The smallest absolute Gasteiger partial charge is 0.186 e. The van der Waals surface area contributed by atoms with Gasteiger partial charge in [-0.15, -0.1) is 21.5 Å². The molecule has 5 nitrogen and oxygen atoms in total. The van der Waals surface area contributed by atoms with Gasteiger partial charge >= 0.3 is 0 Å². The summed E-state index contributed by atoms with van der Waals surface area (Å²) in [5.41, 5.74) is 0.452. The van der Waals surface area contributed by atoms with Crippen LogP contribution in [0.4, 0.5) is 0 Å². The maximum atomic E-state index is 12.6. The number of carbonyl (C=O) groups excluding carboxylic acids is 1. The highest BCUT2D eigenvalue weighted by Gasteiger charge is 2.39. The first-order valence-electron chi connectivity index (χ1n) is 6.82. The number of benzene rings is 1. The molecule has 0 amide bonds. The molecule has 2 N–H and O–H groups in total. The Kier molecular flexibility index (Phi) is 4.52. The molecule has 0 aliphatic carbocycles. The van der Waals surface area contributed by atoms with Crippen molar-refractivity contribution in [2.45, 2.75) is 19.3 Å². The molecule has 23 heavy (non-hydrogen) atoms. The van der Waals surface area contributed by atoms with Gasteiger partial charge in [-0.25, -0.2) is 0 Å². The minimum absolute atomic E-state index is 0.0365. The van der Waals surface area contributed by atoms with Crippen molar-refractivity contribution in [1.82, 2.24) is 10.2 Å². The standard InChI is InChI=1S/C15H12ClN3O2S2/c1-2-11-18-19-15(23-11)12-13(21)10(22-14(12)17)6-7-5-8(16)3-4-9(7)20/h3-6,12,17,20H,2H2,1H3. The molecular weight excluding hydrogens is 354 g/mol. The van der Waals surface area contributed by atoms with Crippen LogP contribution in [-0.2, 0) is 11.2 Å². The molecule has 118 valence electrons. The summed E-state index contributed by atoms with van der Waals surface area (Å²) in [5.74, 6) is -0.849. The molecule has 2 heterocycles. The van der Waals surface area contributed by atoms with Crippen molar-refractivity contribution in [2.75, 3.05) is 0 Å². The van der Waals surface area contributed by atoms with Gasteiger partial charge in [-0.2, -0.15) is 0 Å². The van der Waals surface area contributed by atoms with Crippen LogP contribution in [0, 0.1) is 5.41 Å². The highest BCUT2D eigenvalue weighted by molar-refractivity contribution is 8.19. The molecule has 1 aromatic heterocycles. The van der Waals surface area contributed by atoms with Gasteiger partial charge in [0, 0.05) is 10.6 Å². The molecule has 3 rings (SSSR count). The molecular formula is C15H12ClN3O2S2. The van der Waals surface area contributed by atoms with Crippen molar-refractivity contribution in [3.8, 4) is 5.75 Å². The number of phenolic OH excluding ortho intramolecular Hbond substituents is 1. The lowest BCUT2D eigenvalue weighted by molar-refractivity contribution is -0.114. The summed E-state index contributed by atoms with van der Waals surface area (Å²) in [6.07, 6.45) is 2.31. The number of nitrogens with zero attached hydrogens (tertiary/aromatic N) is 2. The first-order valence-corrected chi connectivity index (χ1v) is 8.83. The number of Topliss-reactive ketones (excluding diaryl/α,β-unsaturated/α-hetero) is 1. The van der Waals surface area contributed by atoms with E-state index in [1.165, 1.54) is 17.4 Å². The second-order valence-corrected chi connectivity index (χ2v) is 7.48. The van der Waals surface area contributed by atoms with E-state index in [2.05, 4.69) is 10.2 Å². The van der Waals surface area contributed by atoms with Crippen LogP contribution in [-0.4, -0.2) is 26.1 Å². The zero-order valence-corrected chi connectivity index (χ0v) is 14.4. The van der Waals surface area contributed by atoms with E-state index in [1.54, 1.807) is 18.2 Å². The van der Waals surface area contributed by atoms with E-state index in [0.717, 1.165) is 23.2 Å². The van der Waals surface area contributed by atoms with Gasteiger partial charge in [0.1, 0.15) is 21.7 Å². The summed E-state index contributed by atoms with van der Waals surface area (Å²) in [5, 5.41) is 28.1. The number of aromatic hydroxyl groups is 1. The van der Waals surface area contributed by atoms with Crippen LogP contribution in [0.1, 0.15) is 28.4 Å². The maximum Gasteiger partial charge on any atom is 0.186 e. The molecule has 1 aliphatic rings. The predicted molar refractivity (Wildman–Crippen MR) is 93.4 cm³/mol. The Balaban J connectivity index is 1.94. The quantitative estimate of drug-likeness (QED) is 0.806. The van der Waals surface area contributed by atoms with E-state index in [1.807, 2.05) is 6.92 Å². The number of rotatable bonds is 3. The number of hydrogen-bond acceptors (Lipinski definition) is 7. The van der Waals surface area contributed by atoms with Crippen LogP contribution in [0.2, 0.25) is 5.02 Å². The fraction of sp³-hybridized carbons (Fsp3) is 0.200. The average molecular weight is 366 g/mol. The van der Waals surface area contributed by atoms with Gasteiger partial charge in [-0.3, -0.25) is 10.2 Å². The maximum absolute atomic E-state index is 12.6. The third-order valence-electron chi connectivity index (χ3n) is 3.30. The van der Waals surface area contributed by atoms with E-state index in [9.17, 15) is 9.90 Å². The van der Waals surface area contributed by atoms with Crippen molar-refractivity contribution in [1.29, 1.82) is 5.41 Å². The molecule has 8 heteroatoms. The molecule has 1 atom stereocenters. The van der Waals surface area contributed by atoms with Crippen molar-refractivity contribution < 1.29 is 9.90 Å². The lowest BCUT2D eigenvalue weighted by atomic mass is 10.0. The SMILES string of the molecule is CCc1nnc(C2C(=N)SC(=Cc3cc(Cl)ccc3O)C2=O)s1. The van der Waals surface area contributed by atoms with Gasteiger partial charge in [0.25, 0.3) is 0 Å². The Morgan fingerprint density at radius 3 is 2.91 bits per heavy atom. The number of hydrogen-bond donors (Lipinski definition) is 2. The third-order valence-corrected chi connectivity index (χ3v) is 5.66. The first kappa shape index (κ1) is 16.2. The van der Waals surface area contributed by atoms with E-state index < -0.39 is 5.92 Å². The summed E-state index contributed by atoms with van der Waals surface area (Å²) in [7, 11) is 0. The van der Waals surface area contributed by atoms with Crippen molar-refractivity contribution >= 4 is 51.6 Å². The number of aromatic nitrogens is 2. The molecule has 0 spiro atoms. The lowest BCUT2D eigenvalue weighted by Gasteiger charge is -2.02. The monoisotopic (exact) mass is 365 g/mol. The zero-order valence-electron chi connectivity index (χ0n) is 12.0. The van der Waals surface area contributed by atoms with E-state index in [4.69, 9.17) is 17.0 Å². The van der Waals surface area contributed by atoms with Crippen LogP contribution in [0.5, 0.6) is 5.75 Å². The van der Waals surface area contributed by atoms with Crippen molar-refractivity contribution in [2.24, 2.45) is 0 Å². The van der Waals surface area contributed by atoms with Crippen LogP contribution >= 0.6 is 34.7 Å². The average Bonchev–Trinajstić information content (AvgIpc) is 3.08. The number of halogens is 1. The van der Waals surface area contributed by atoms with E-state index >= 15 is 0 Å². The van der Waals surface area contributed by atoms with E-state index in [-0.39, 0.29) is 16.6 Å². The Bertz CT molecular complexity index is 832. The van der Waals surface area contributed by atoms with Crippen molar-refractivity contribution in [3.63, 3.8) is 0 Å². The normalized spacial score (nSPS) is 19.7. The molecule has 1 aliphatic heterocycles. The molecule has 1 fully saturated rings. The third kappa shape index (κ3) is 3.17. The minimum atomic E-state index is -0.689. The summed E-state index contributed by atoms with van der Waals surface area (Å²) in [6, 6.07) is 4.62. The first-order chi connectivity index (χ1) is 11.0. The Morgan fingerprint density at radius 2 is 2.22 bits per heavy atom. The van der Waals surface area contributed by atoms with Crippen LogP contribution in [0.25, 0.3) is 6.08 Å². The fourth-order valence-corrected chi connectivity index (χ4v) is 4.25. The summed E-state index contributed by atoms with van der Waals surface area (Å²) < 4.78 is 0. The predicted octanol–water partition coefficient (Wildman–Crippen LogP) is 3.88. The molecule has 2 aromatic rings. The van der Waals surface area contributed by atoms with Gasteiger partial charge in [-0.05, 0) is 30.7 Å². The second kappa shape index (κ2) is 6.43. The Labute approximate surface area is 145 Å². The van der Waals surface area contributed by atoms with Gasteiger partial charge in [0.2, 0.25) is 0 Å². The number of ketones is 1.